The molecule has 0 spiro atoms. The molecule has 0 aliphatic heterocycles. The number of benzene rings is 1. The molecule has 0 radical (unpaired) electrons. The molecular formula is C16H22N2O3. The quantitative estimate of drug-likeness (QED) is 0.745. The maximum atomic E-state index is 11.8. The van der Waals surface area contributed by atoms with Crippen LogP contribution < -0.4 is 10.6 Å². The third-order valence-corrected chi connectivity index (χ3v) is 2.78. The van der Waals surface area contributed by atoms with E-state index in [4.69, 9.17) is 4.74 Å². The van der Waals surface area contributed by atoms with Crippen molar-refractivity contribution in [1.29, 1.82) is 0 Å². The Morgan fingerprint density at radius 2 is 1.86 bits per heavy atom. The van der Waals surface area contributed by atoms with Crippen LogP contribution in [0.2, 0.25) is 0 Å². The molecule has 2 N–H and O–H groups in total. The first-order chi connectivity index (χ1) is 10.0. The van der Waals surface area contributed by atoms with Gasteiger partial charge in [0.15, 0.2) is 0 Å². The Hall–Kier alpha value is -2.14. The Bertz CT molecular complexity index is 486. The van der Waals surface area contributed by atoms with E-state index < -0.39 is 6.04 Å². The van der Waals surface area contributed by atoms with Crippen molar-refractivity contribution in [1.82, 2.24) is 10.6 Å². The van der Waals surface area contributed by atoms with Crippen LogP contribution in [0.3, 0.4) is 0 Å². The van der Waals surface area contributed by atoms with Crippen LogP contribution in [0.1, 0.15) is 19.4 Å². The van der Waals surface area contributed by atoms with E-state index in [0.29, 0.717) is 6.61 Å². The smallest absolute Gasteiger partial charge is 0.244 e. The molecule has 0 heterocycles. The molecule has 0 aromatic heterocycles. The van der Waals surface area contributed by atoms with Crippen LogP contribution in [-0.4, -0.2) is 37.6 Å². The topological polar surface area (TPSA) is 67.4 Å². The molecule has 1 aromatic rings. The van der Waals surface area contributed by atoms with Gasteiger partial charge in [-0.1, -0.05) is 30.3 Å². The molecule has 2 amide bonds. The zero-order valence-electron chi connectivity index (χ0n) is 12.6. The van der Waals surface area contributed by atoms with Gasteiger partial charge in [-0.25, -0.2) is 0 Å². The van der Waals surface area contributed by atoms with E-state index in [1.54, 1.807) is 20.1 Å². The van der Waals surface area contributed by atoms with Gasteiger partial charge >= 0.3 is 0 Å². The van der Waals surface area contributed by atoms with E-state index >= 15 is 0 Å². The molecule has 0 saturated carbocycles. The number of nitrogens with one attached hydrogen (secondary N) is 2. The predicted octanol–water partition coefficient (Wildman–Crippen LogP) is 1.36. The average molecular weight is 290 g/mol. The molecule has 2 unspecified atom stereocenters. The first-order valence-electron chi connectivity index (χ1n) is 6.86. The van der Waals surface area contributed by atoms with Crippen molar-refractivity contribution in [2.24, 2.45) is 0 Å². The monoisotopic (exact) mass is 290 g/mol. The second-order valence-corrected chi connectivity index (χ2v) is 4.84. The summed E-state index contributed by atoms with van der Waals surface area (Å²) in [7, 11) is 1.57. The van der Waals surface area contributed by atoms with Gasteiger partial charge in [-0.3, -0.25) is 9.59 Å². The summed E-state index contributed by atoms with van der Waals surface area (Å²) in [5, 5.41) is 5.38. The molecule has 5 nitrogen and oxygen atoms in total. The van der Waals surface area contributed by atoms with Gasteiger partial charge in [0.2, 0.25) is 11.8 Å². The Balaban J connectivity index is 2.43. The molecule has 0 aliphatic carbocycles. The number of rotatable bonds is 7. The lowest BCUT2D eigenvalue weighted by atomic mass is 10.2. The number of ether oxygens (including phenoxy) is 1. The molecule has 2 atom stereocenters. The molecule has 0 fully saturated rings. The summed E-state index contributed by atoms with van der Waals surface area (Å²) in [6.45, 7) is 3.91. The third kappa shape index (κ3) is 6.72. The Morgan fingerprint density at radius 1 is 1.19 bits per heavy atom. The molecular weight excluding hydrogens is 268 g/mol. The highest BCUT2D eigenvalue weighted by Crippen LogP contribution is 2.00. The summed E-state index contributed by atoms with van der Waals surface area (Å²) >= 11 is 0. The molecule has 21 heavy (non-hydrogen) atoms. The predicted molar refractivity (Wildman–Crippen MR) is 82.6 cm³/mol. The van der Waals surface area contributed by atoms with Gasteiger partial charge in [0, 0.05) is 19.2 Å². The second-order valence-electron chi connectivity index (χ2n) is 4.84. The van der Waals surface area contributed by atoms with Gasteiger partial charge in [-0.15, -0.1) is 0 Å². The van der Waals surface area contributed by atoms with Gasteiger partial charge in [0.1, 0.15) is 6.04 Å². The van der Waals surface area contributed by atoms with Gasteiger partial charge < -0.3 is 15.4 Å². The lowest BCUT2D eigenvalue weighted by Gasteiger charge is -2.17. The second kappa shape index (κ2) is 8.92. The van der Waals surface area contributed by atoms with E-state index in [0.717, 1.165) is 5.56 Å². The van der Waals surface area contributed by atoms with Crippen LogP contribution >= 0.6 is 0 Å². The van der Waals surface area contributed by atoms with Gasteiger partial charge in [0.05, 0.1) is 6.61 Å². The van der Waals surface area contributed by atoms with Crippen LogP contribution in [0.4, 0.5) is 0 Å². The maximum absolute atomic E-state index is 11.8. The van der Waals surface area contributed by atoms with Crippen LogP contribution in [0.15, 0.2) is 36.4 Å². The first-order valence-corrected chi connectivity index (χ1v) is 6.86. The summed E-state index contributed by atoms with van der Waals surface area (Å²) in [6.07, 6.45) is 3.12. The number of methoxy groups -OCH3 is 1. The molecule has 0 saturated heterocycles. The van der Waals surface area contributed by atoms with E-state index in [1.165, 1.54) is 6.08 Å². The molecule has 1 aromatic carbocycles. The molecule has 0 bridgehead atoms. The number of hydrogen-bond donors (Lipinski definition) is 2. The fourth-order valence-electron chi connectivity index (χ4n) is 1.72. The summed E-state index contributed by atoms with van der Waals surface area (Å²) in [5.41, 5.74) is 0.929. The van der Waals surface area contributed by atoms with Crippen molar-refractivity contribution in [2.45, 2.75) is 25.9 Å². The van der Waals surface area contributed by atoms with Gasteiger partial charge in [-0.2, -0.15) is 0 Å². The summed E-state index contributed by atoms with van der Waals surface area (Å²) in [6, 6.07) is 8.79. The minimum absolute atomic E-state index is 0.0956. The first kappa shape index (κ1) is 16.9. The highest BCUT2D eigenvalue weighted by atomic mass is 16.5. The number of carbonyl (C=O) groups excluding carboxylic acids is 2. The van der Waals surface area contributed by atoms with Crippen molar-refractivity contribution >= 4 is 17.9 Å². The van der Waals surface area contributed by atoms with Crippen molar-refractivity contribution < 1.29 is 14.3 Å². The van der Waals surface area contributed by atoms with Crippen LogP contribution in [-0.2, 0) is 14.3 Å². The normalized spacial score (nSPS) is 13.7. The van der Waals surface area contributed by atoms with Crippen LogP contribution in [0.25, 0.3) is 6.08 Å². The molecule has 0 aliphatic rings. The van der Waals surface area contributed by atoms with E-state index in [9.17, 15) is 9.59 Å². The minimum Gasteiger partial charge on any atom is -0.383 e. The van der Waals surface area contributed by atoms with E-state index in [-0.39, 0.29) is 17.9 Å². The van der Waals surface area contributed by atoms with E-state index in [2.05, 4.69) is 10.6 Å². The van der Waals surface area contributed by atoms with Gasteiger partial charge in [-0.05, 0) is 25.5 Å². The van der Waals surface area contributed by atoms with E-state index in [1.807, 2.05) is 37.3 Å². The van der Waals surface area contributed by atoms with Crippen LogP contribution in [0.5, 0.6) is 0 Å². The van der Waals surface area contributed by atoms with Crippen molar-refractivity contribution in [3.8, 4) is 0 Å². The lowest BCUT2D eigenvalue weighted by Crippen LogP contribution is -2.48. The SMILES string of the molecule is COCC(C)NC(=O)C(C)NC(=O)/C=C/c1ccccc1. The highest BCUT2D eigenvalue weighted by Gasteiger charge is 2.16. The average Bonchev–Trinajstić information content (AvgIpc) is 2.46. The zero-order valence-corrected chi connectivity index (χ0v) is 12.6. The number of carbonyl (C=O) groups is 2. The summed E-state index contributed by atoms with van der Waals surface area (Å²) in [4.78, 5) is 23.6. The Kier molecular flexibility index (Phi) is 7.18. The fraction of sp³-hybridized carbons (Fsp3) is 0.375. The lowest BCUT2D eigenvalue weighted by molar-refractivity contribution is -0.127. The summed E-state index contributed by atoms with van der Waals surface area (Å²) in [5.74, 6) is -0.540. The maximum Gasteiger partial charge on any atom is 0.244 e. The largest absolute Gasteiger partial charge is 0.383 e. The van der Waals surface area contributed by atoms with Crippen molar-refractivity contribution in [3.63, 3.8) is 0 Å². The number of hydrogen-bond acceptors (Lipinski definition) is 3. The highest BCUT2D eigenvalue weighted by molar-refractivity contribution is 5.95. The summed E-state index contributed by atoms with van der Waals surface area (Å²) < 4.78 is 4.94. The van der Waals surface area contributed by atoms with Crippen molar-refractivity contribution in [2.75, 3.05) is 13.7 Å². The van der Waals surface area contributed by atoms with Crippen LogP contribution in [0, 0.1) is 0 Å². The molecule has 1 rings (SSSR count). The molecule has 114 valence electrons. The van der Waals surface area contributed by atoms with Gasteiger partial charge in [0.25, 0.3) is 0 Å². The Morgan fingerprint density at radius 3 is 2.48 bits per heavy atom. The third-order valence-electron chi connectivity index (χ3n) is 2.78. The minimum atomic E-state index is -0.600. The Labute approximate surface area is 125 Å². The fourth-order valence-corrected chi connectivity index (χ4v) is 1.72. The zero-order chi connectivity index (χ0) is 15.7. The molecule has 5 heteroatoms. The van der Waals surface area contributed by atoms with Crippen molar-refractivity contribution in [3.05, 3.63) is 42.0 Å². The standard InChI is InChI=1S/C16H22N2O3/c1-12(11-21-3)17-16(20)13(2)18-15(19)10-9-14-7-5-4-6-8-14/h4-10,12-13H,11H2,1-3H3,(H,17,20)(H,18,19)/b10-9+. The number of amides is 2.